The number of anilines is 1. The van der Waals surface area contributed by atoms with E-state index >= 15 is 0 Å². The predicted octanol–water partition coefficient (Wildman–Crippen LogP) is 2.39. The van der Waals surface area contributed by atoms with Crippen LogP contribution in [0.1, 0.15) is 0 Å². The van der Waals surface area contributed by atoms with Crippen LogP contribution in [0.2, 0.25) is 5.02 Å². The van der Waals surface area contributed by atoms with Crippen LogP contribution in [0.5, 0.6) is 0 Å². The van der Waals surface area contributed by atoms with E-state index in [4.69, 9.17) is 11.6 Å². The lowest BCUT2D eigenvalue weighted by molar-refractivity contribution is -0.384. The zero-order valence-corrected chi connectivity index (χ0v) is 16.9. The highest BCUT2D eigenvalue weighted by molar-refractivity contribution is 6.30. The SMILES string of the molecule is O=C(Cn1nnc(-c2cccc(F)c2)n1)N1CCN(c2ccc(Cl)cc2[N+](=O)[O-])CC1. The Balaban J connectivity index is 1.38. The quantitative estimate of drug-likeness (QED) is 0.438. The molecule has 0 aliphatic carbocycles. The molecule has 1 saturated heterocycles. The summed E-state index contributed by atoms with van der Waals surface area (Å²) in [5.74, 6) is -0.385. The first kappa shape index (κ1) is 20.7. The van der Waals surface area contributed by atoms with E-state index in [0.29, 0.717) is 42.5 Å². The van der Waals surface area contributed by atoms with Crippen molar-refractivity contribution in [3.8, 4) is 11.4 Å². The molecule has 0 saturated carbocycles. The van der Waals surface area contributed by atoms with Crippen LogP contribution in [-0.2, 0) is 11.3 Å². The molecule has 160 valence electrons. The van der Waals surface area contributed by atoms with Crippen molar-refractivity contribution < 1.29 is 14.1 Å². The van der Waals surface area contributed by atoms with Crippen molar-refractivity contribution in [2.24, 2.45) is 0 Å². The molecule has 0 N–H and O–H groups in total. The average molecular weight is 446 g/mol. The highest BCUT2D eigenvalue weighted by atomic mass is 35.5. The summed E-state index contributed by atoms with van der Waals surface area (Å²) in [4.78, 5) is 28.1. The maximum atomic E-state index is 13.4. The zero-order valence-electron chi connectivity index (χ0n) is 16.2. The van der Waals surface area contributed by atoms with E-state index in [9.17, 15) is 19.3 Å². The molecule has 1 amide bonds. The Hall–Kier alpha value is -3.60. The second-order valence-electron chi connectivity index (χ2n) is 6.91. The minimum Gasteiger partial charge on any atom is -0.362 e. The number of aromatic nitrogens is 4. The number of rotatable bonds is 5. The molecule has 0 bridgehead atoms. The van der Waals surface area contributed by atoms with Gasteiger partial charge in [0.05, 0.1) is 4.92 Å². The molecule has 0 unspecified atom stereocenters. The smallest absolute Gasteiger partial charge is 0.294 e. The van der Waals surface area contributed by atoms with E-state index in [-0.39, 0.29) is 24.0 Å². The Morgan fingerprint density at radius 1 is 1.16 bits per heavy atom. The minimum atomic E-state index is -0.467. The predicted molar refractivity (Wildman–Crippen MR) is 110 cm³/mol. The van der Waals surface area contributed by atoms with Gasteiger partial charge >= 0.3 is 0 Å². The lowest BCUT2D eigenvalue weighted by Crippen LogP contribution is -2.49. The maximum absolute atomic E-state index is 13.4. The first-order valence-electron chi connectivity index (χ1n) is 9.41. The number of hydrogen-bond donors (Lipinski definition) is 0. The summed E-state index contributed by atoms with van der Waals surface area (Å²) in [6.07, 6.45) is 0. The summed E-state index contributed by atoms with van der Waals surface area (Å²) in [6, 6.07) is 10.3. The van der Waals surface area contributed by atoms with Gasteiger partial charge in [-0.25, -0.2) is 4.39 Å². The molecule has 0 spiro atoms. The van der Waals surface area contributed by atoms with E-state index in [1.54, 1.807) is 29.2 Å². The summed E-state index contributed by atoms with van der Waals surface area (Å²) < 4.78 is 13.4. The van der Waals surface area contributed by atoms with Gasteiger partial charge in [-0.1, -0.05) is 23.7 Å². The molecular formula is C19H17ClFN7O3. The molecule has 0 radical (unpaired) electrons. The molecule has 1 fully saturated rings. The maximum Gasteiger partial charge on any atom is 0.294 e. The van der Waals surface area contributed by atoms with Gasteiger partial charge in [-0.15, -0.1) is 10.2 Å². The van der Waals surface area contributed by atoms with E-state index in [1.165, 1.54) is 23.0 Å². The van der Waals surface area contributed by atoms with Crippen LogP contribution in [0.4, 0.5) is 15.8 Å². The number of piperazine rings is 1. The number of carbonyl (C=O) groups is 1. The van der Waals surface area contributed by atoms with Crippen LogP contribution in [0, 0.1) is 15.9 Å². The number of nitrogens with zero attached hydrogens (tertiary/aromatic N) is 7. The third-order valence-corrected chi connectivity index (χ3v) is 5.15. The number of halogens is 2. The topological polar surface area (TPSA) is 110 Å². The molecule has 2 heterocycles. The van der Waals surface area contributed by atoms with Crippen molar-refractivity contribution in [2.45, 2.75) is 6.54 Å². The van der Waals surface area contributed by atoms with E-state index in [1.807, 2.05) is 4.90 Å². The largest absolute Gasteiger partial charge is 0.362 e. The van der Waals surface area contributed by atoms with Crippen LogP contribution >= 0.6 is 11.6 Å². The molecule has 2 aromatic carbocycles. The van der Waals surface area contributed by atoms with Crippen molar-refractivity contribution in [3.63, 3.8) is 0 Å². The van der Waals surface area contributed by atoms with E-state index < -0.39 is 10.7 Å². The molecule has 0 atom stereocenters. The molecule has 31 heavy (non-hydrogen) atoms. The summed E-state index contributed by atoms with van der Waals surface area (Å²) in [5.41, 5.74) is 0.875. The molecule has 3 aromatic rings. The summed E-state index contributed by atoms with van der Waals surface area (Å²) >= 11 is 5.88. The lowest BCUT2D eigenvalue weighted by Gasteiger charge is -2.35. The Morgan fingerprint density at radius 3 is 2.65 bits per heavy atom. The highest BCUT2D eigenvalue weighted by Gasteiger charge is 2.26. The van der Waals surface area contributed by atoms with Crippen LogP contribution < -0.4 is 4.90 Å². The summed E-state index contributed by atoms with van der Waals surface area (Å²) in [6.45, 7) is 1.55. The summed E-state index contributed by atoms with van der Waals surface area (Å²) in [5, 5.41) is 23.5. The van der Waals surface area contributed by atoms with Gasteiger partial charge in [-0.3, -0.25) is 14.9 Å². The number of benzene rings is 2. The number of carbonyl (C=O) groups excluding carboxylic acids is 1. The number of hydrogen-bond acceptors (Lipinski definition) is 7. The standard InChI is InChI=1S/C19H17ClFN7O3/c20-14-4-5-16(17(11-14)28(30)31)25-6-8-26(9-7-25)18(29)12-27-23-19(22-24-27)13-2-1-3-15(21)10-13/h1-5,10-11H,6-9,12H2. The molecule has 1 aliphatic heterocycles. The lowest BCUT2D eigenvalue weighted by atomic mass is 10.2. The molecule has 12 heteroatoms. The molecular weight excluding hydrogens is 429 g/mol. The van der Waals surface area contributed by atoms with Gasteiger partial charge in [0.2, 0.25) is 11.7 Å². The van der Waals surface area contributed by atoms with Gasteiger partial charge < -0.3 is 9.80 Å². The summed E-state index contributed by atoms with van der Waals surface area (Å²) in [7, 11) is 0. The number of nitro benzene ring substituents is 1. The van der Waals surface area contributed by atoms with Crippen molar-refractivity contribution >= 4 is 28.9 Å². The number of nitro groups is 1. The Kier molecular flexibility index (Phi) is 5.76. The van der Waals surface area contributed by atoms with Gasteiger partial charge in [0, 0.05) is 42.8 Å². The van der Waals surface area contributed by atoms with Crippen LogP contribution in [0.25, 0.3) is 11.4 Å². The second kappa shape index (κ2) is 8.64. The minimum absolute atomic E-state index is 0.0658. The fraction of sp³-hybridized carbons (Fsp3) is 0.263. The van der Waals surface area contributed by atoms with Gasteiger partial charge in [0.15, 0.2) is 0 Å². The fourth-order valence-electron chi connectivity index (χ4n) is 3.38. The molecule has 10 nitrogen and oxygen atoms in total. The third kappa shape index (κ3) is 4.61. The van der Waals surface area contributed by atoms with E-state index in [0.717, 1.165) is 0 Å². The Morgan fingerprint density at radius 2 is 1.94 bits per heavy atom. The Labute approximate surface area is 181 Å². The number of tetrazole rings is 1. The fourth-order valence-corrected chi connectivity index (χ4v) is 3.55. The van der Waals surface area contributed by atoms with Gasteiger partial charge in [0.1, 0.15) is 18.0 Å². The molecule has 1 aromatic heterocycles. The molecule has 4 rings (SSSR count). The van der Waals surface area contributed by atoms with Crippen molar-refractivity contribution in [1.82, 2.24) is 25.1 Å². The van der Waals surface area contributed by atoms with Crippen molar-refractivity contribution in [3.05, 3.63) is 63.4 Å². The van der Waals surface area contributed by atoms with Crippen molar-refractivity contribution in [2.75, 3.05) is 31.1 Å². The first-order valence-corrected chi connectivity index (χ1v) is 9.79. The van der Waals surface area contributed by atoms with Gasteiger partial charge in [-0.2, -0.15) is 4.80 Å². The highest BCUT2D eigenvalue weighted by Crippen LogP contribution is 2.31. The van der Waals surface area contributed by atoms with E-state index in [2.05, 4.69) is 15.4 Å². The monoisotopic (exact) mass is 445 g/mol. The second-order valence-corrected chi connectivity index (χ2v) is 7.35. The number of amides is 1. The normalized spacial score (nSPS) is 14.0. The average Bonchev–Trinajstić information content (AvgIpc) is 3.22. The van der Waals surface area contributed by atoms with Crippen LogP contribution in [0.3, 0.4) is 0 Å². The molecule has 1 aliphatic rings. The zero-order chi connectivity index (χ0) is 22.0. The Bertz CT molecular complexity index is 1130. The van der Waals surface area contributed by atoms with Crippen molar-refractivity contribution in [1.29, 1.82) is 0 Å². The van der Waals surface area contributed by atoms with Crippen LogP contribution in [-0.4, -0.2) is 62.1 Å². The van der Waals surface area contributed by atoms with Crippen LogP contribution in [0.15, 0.2) is 42.5 Å². The van der Waals surface area contributed by atoms with Gasteiger partial charge in [-0.05, 0) is 29.5 Å². The van der Waals surface area contributed by atoms with Gasteiger partial charge in [0.25, 0.3) is 5.69 Å². The third-order valence-electron chi connectivity index (χ3n) is 4.92. The first-order chi connectivity index (χ1) is 14.9.